The van der Waals surface area contributed by atoms with Crippen molar-refractivity contribution in [2.24, 2.45) is 17.8 Å². The van der Waals surface area contributed by atoms with E-state index >= 15 is 0 Å². The number of fused-ring (bicyclic) bond motifs is 2. The van der Waals surface area contributed by atoms with Crippen LogP contribution in [0.4, 0.5) is 0 Å². The molecule has 406 valence electrons. The molecule has 1 saturated carbocycles. The molecule has 0 unspecified atom stereocenters. The van der Waals surface area contributed by atoms with E-state index in [-0.39, 0.29) is 30.8 Å². The number of ether oxygens (including phenoxy) is 14. The lowest BCUT2D eigenvalue weighted by Gasteiger charge is -2.44. The zero-order chi connectivity index (χ0) is 53.7. The zero-order valence-corrected chi connectivity index (χ0v) is 42.9. The predicted octanol–water partition coefficient (Wildman–Crippen LogP) is 3.11. The van der Waals surface area contributed by atoms with Crippen molar-refractivity contribution in [1.82, 2.24) is 0 Å². The third-order valence-electron chi connectivity index (χ3n) is 13.1. The van der Waals surface area contributed by atoms with E-state index in [4.69, 9.17) is 66.3 Å². The van der Waals surface area contributed by atoms with Gasteiger partial charge in [0.1, 0.15) is 5.75 Å². The number of carbonyl (C=O) groups is 9. The molecule has 4 aliphatic rings. The maximum atomic E-state index is 13.4. The summed E-state index contributed by atoms with van der Waals surface area (Å²) in [4.78, 5) is 114. The molecule has 15 atom stereocenters. The van der Waals surface area contributed by atoms with Gasteiger partial charge in [0.15, 0.2) is 68.0 Å². The standard InChI is InChI=1S/C50H68O23/c1-11-12-13-16-32(70-49-45(68-28(6)55)41(66-26(4)53)39(64-24(2)51)43(72-49)47(58)61-9)18-19-33-34-20-30-15-14-17-36(63-23-38(57)60-8)35(30)21-31(34)22-37(33)71-50-46(69-29(7)56)42(67-27(5)54)40(65-25(3)52)44(73-50)48(59)62-10/h14-15,17,31-34,37,39-46,49-50H,11-13,16,18-23H2,1-10H3/t31-,32-,33+,34-,37+,39-,40-,41-,42-,43-,44-,45+,46+,49+,50+/m0/s1. The summed E-state index contributed by atoms with van der Waals surface area (Å²) in [5, 5.41) is 0. The Hall–Kier alpha value is -5.91. The Morgan fingerprint density at radius 2 is 1.11 bits per heavy atom. The maximum absolute atomic E-state index is 13.4. The Bertz CT molecular complexity index is 2140. The highest BCUT2D eigenvalue weighted by Gasteiger charge is 2.58. The van der Waals surface area contributed by atoms with Crippen LogP contribution in [0.5, 0.6) is 5.75 Å². The Morgan fingerprint density at radius 3 is 1.62 bits per heavy atom. The Balaban J connectivity index is 1.57. The van der Waals surface area contributed by atoms with Gasteiger partial charge in [0.2, 0.25) is 0 Å². The lowest BCUT2D eigenvalue weighted by Crippen LogP contribution is -2.64. The van der Waals surface area contributed by atoms with E-state index in [1.165, 1.54) is 7.11 Å². The zero-order valence-electron chi connectivity index (χ0n) is 42.9. The molecule has 23 heteroatoms. The molecule has 0 aromatic heterocycles. The number of methoxy groups -OCH3 is 3. The van der Waals surface area contributed by atoms with E-state index in [1.54, 1.807) is 6.07 Å². The fourth-order valence-corrected chi connectivity index (χ4v) is 10.3. The molecule has 2 heterocycles. The molecule has 2 saturated heterocycles. The SMILES string of the molecule is CCCCC[C@@H](CC[C@@H]1[C@H]2Cc3cccc(OCC(=O)OC)c3C[C@H]2C[C@H]1O[C@@H]1O[C@H](C(=O)OC)[C@@H](OC(C)=O)[C@H](OC(C)=O)[C@H]1OC(C)=O)O[C@@H]1O[C@H](C(=O)OC)[C@@H](OC(C)=O)[C@H](OC(C)=O)[C@H]1OC(C)=O. The predicted molar refractivity (Wildman–Crippen MR) is 244 cm³/mol. The van der Waals surface area contributed by atoms with Crippen molar-refractivity contribution in [1.29, 1.82) is 0 Å². The summed E-state index contributed by atoms with van der Waals surface area (Å²) in [7, 11) is 3.43. The maximum Gasteiger partial charge on any atom is 0.343 e. The average molecular weight is 1040 g/mol. The summed E-state index contributed by atoms with van der Waals surface area (Å²) < 4.78 is 80.3. The first-order valence-corrected chi connectivity index (χ1v) is 24.3. The molecule has 3 fully saturated rings. The van der Waals surface area contributed by atoms with Gasteiger partial charge in [0.05, 0.1) is 33.5 Å². The minimum absolute atomic E-state index is 0.103. The topological polar surface area (TPSA) is 283 Å². The van der Waals surface area contributed by atoms with Gasteiger partial charge in [-0.25, -0.2) is 14.4 Å². The molecule has 2 aliphatic carbocycles. The first-order valence-electron chi connectivity index (χ1n) is 24.3. The van der Waals surface area contributed by atoms with E-state index in [1.807, 2.05) is 19.1 Å². The highest BCUT2D eigenvalue weighted by molar-refractivity contribution is 5.78. The number of hydrogen-bond acceptors (Lipinski definition) is 23. The summed E-state index contributed by atoms with van der Waals surface area (Å²) >= 11 is 0. The van der Waals surface area contributed by atoms with Crippen LogP contribution in [0.1, 0.15) is 105 Å². The summed E-state index contributed by atoms with van der Waals surface area (Å²) in [6.07, 6.45) is -12.8. The summed E-state index contributed by atoms with van der Waals surface area (Å²) in [5.74, 6) is -7.73. The van der Waals surface area contributed by atoms with Gasteiger partial charge in [-0.2, -0.15) is 0 Å². The molecule has 0 amide bonds. The van der Waals surface area contributed by atoms with Crippen molar-refractivity contribution >= 4 is 53.7 Å². The van der Waals surface area contributed by atoms with Crippen molar-refractivity contribution in [3.05, 3.63) is 29.3 Å². The molecule has 1 aromatic carbocycles. The highest BCUT2D eigenvalue weighted by Crippen LogP contribution is 2.51. The fourth-order valence-electron chi connectivity index (χ4n) is 10.3. The number of benzene rings is 1. The first-order chi connectivity index (χ1) is 34.7. The summed E-state index contributed by atoms with van der Waals surface area (Å²) in [6.45, 7) is 8.25. The van der Waals surface area contributed by atoms with Crippen LogP contribution in [0.25, 0.3) is 0 Å². The van der Waals surface area contributed by atoms with Crippen molar-refractivity contribution in [2.45, 2.75) is 180 Å². The van der Waals surface area contributed by atoms with Crippen molar-refractivity contribution in [3.8, 4) is 5.75 Å². The number of carbonyl (C=O) groups excluding carboxylic acids is 9. The largest absolute Gasteiger partial charge is 0.482 e. The van der Waals surface area contributed by atoms with Gasteiger partial charge >= 0.3 is 53.7 Å². The first kappa shape index (κ1) is 58.0. The van der Waals surface area contributed by atoms with Crippen LogP contribution in [0.3, 0.4) is 0 Å². The fraction of sp³-hybridized carbons (Fsp3) is 0.700. The quantitative estimate of drug-likeness (QED) is 0.0916. The second-order valence-electron chi connectivity index (χ2n) is 18.3. The molecule has 0 N–H and O–H groups in total. The third-order valence-corrected chi connectivity index (χ3v) is 13.1. The Kier molecular flexibility index (Phi) is 21.3. The van der Waals surface area contributed by atoms with Gasteiger partial charge in [0, 0.05) is 41.5 Å². The summed E-state index contributed by atoms with van der Waals surface area (Å²) in [6, 6.07) is 5.56. The Labute approximate surface area is 423 Å². The van der Waals surface area contributed by atoms with Crippen molar-refractivity contribution < 1.29 is 109 Å². The Morgan fingerprint density at radius 1 is 0.603 bits per heavy atom. The molecular formula is C50H68O23. The number of rotatable bonds is 22. The van der Waals surface area contributed by atoms with E-state index in [9.17, 15) is 43.2 Å². The minimum atomic E-state index is -1.71. The lowest BCUT2D eigenvalue weighted by atomic mass is 9.73. The van der Waals surface area contributed by atoms with E-state index < -0.39 is 127 Å². The van der Waals surface area contributed by atoms with Crippen LogP contribution < -0.4 is 4.74 Å². The highest BCUT2D eigenvalue weighted by atomic mass is 16.8. The van der Waals surface area contributed by atoms with Crippen LogP contribution in [0, 0.1) is 17.8 Å². The molecule has 0 spiro atoms. The number of esters is 9. The second-order valence-corrected chi connectivity index (χ2v) is 18.3. The van der Waals surface area contributed by atoms with Gasteiger partial charge < -0.3 is 66.3 Å². The van der Waals surface area contributed by atoms with Crippen LogP contribution >= 0.6 is 0 Å². The molecular weight excluding hydrogens is 969 g/mol. The molecule has 0 radical (unpaired) electrons. The van der Waals surface area contributed by atoms with E-state index in [0.717, 1.165) is 79.7 Å². The van der Waals surface area contributed by atoms with Crippen LogP contribution in [0.2, 0.25) is 0 Å². The van der Waals surface area contributed by atoms with Gasteiger partial charge in [-0.15, -0.1) is 0 Å². The van der Waals surface area contributed by atoms with Crippen LogP contribution in [-0.4, -0.2) is 155 Å². The minimum Gasteiger partial charge on any atom is -0.482 e. The van der Waals surface area contributed by atoms with Crippen LogP contribution in [0.15, 0.2) is 18.2 Å². The second kappa shape index (κ2) is 26.9. The normalized spacial score (nSPS) is 29.6. The molecule has 2 aliphatic heterocycles. The number of hydrogen-bond donors (Lipinski definition) is 0. The molecule has 23 nitrogen and oxygen atoms in total. The average Bonchev–Trinajstić information content (AvgIpc) is 3.66. The molecule has 1 aromatic rings. The monoisotopic (exact) mass is 1040 g/mol. The third kappa shape index (κ3) is 15.3. The summed E-state index contributed by atoms with van der Waals surface area (Å²) in [5.41, 5.74) is 1.83. The van der Waals surface area contributed by atoms with Gasteiger partial charge in [-0.1, -0.05) is 38.3 Å². The van der Waals surface area contributed by atoms with Gasteiger partial charge in [-0.05, 0) is 73.5 Å². The lowest BCUT2D eigenvalue weighted by molar-refractivity contribution is -0.314. The number of unbranched alkanes of at least 4 members (excludes halogenated alkanes) is 2. The molecule has 5 rings (SSSR count). The van der Waals surface area contributed by atoms with Gasteiger partial charge in [-0.3, -0.25) is 28.8 Å². The van der Waals surface area contributed by atoms with Crippen molar-refractivity contribution in [3.63, 3.8) is 0 Å². The van der Waals surface area contributed by atoms with E-state index in [0.29, 0.717) is 44.3 Å². The molecule has 0 bridgehead atoms. The van der Waals surface area contributed by atoms with Crippen molar-refractivity contribution in [2.75, 3.05) is 27.9 Å². The smallest absolute Gasteiger partial charge is 0.343 e. The van der Waals surface area contributed by atoms with Crippen LogP contribution in [-0.2, 0) is 118 Å². The van der Waals surface area contributed by atoms with Gasteiger partial charge in [0.25, 0.3) is 0 Å². The van der Waals surface area contributed by atoms with E-state index in [2.05, 4.69) is 0 Å². The molecule has 73 heavy (non-hydrogen) atoms.